The van der Waals surface area contributed by atoms with Gasteiger partial charge in [0.25, 0.3) is 0 Å². The first kappa shape index (κ1) is 15.2. The first-order valence-electron chi connectivity index (χ1n) is 7.74. The van der Waals surface area contributed by atoms with Crippen molar-refractivity contribution >= 4 is 0 Å². The highest BCUT2D eigenvalue weighted by molar-refractivity contribution is 4.90. The summed E-state index contributed by atoms with van der Waals surface area (Å²) >= 11 is 0. The van der Waals surface area contributed by atoms with E-state index < -0.39 is 5.60 Å². The Labute approximate surface area is 117 Å². The van der Waals surface area contributed by atoms with E-state index in [0.29, 0.717) is 25.2 Å². The van der Waals surface area contributed by atoms with Crippen LogP contribution in [-0.2, 0) is 4.74 Å². The van der Waals surface area contributed by atoms with E-state index in [0.717, 1.165) is 31.8 Å². The molecule has 3 unspecified atom stereocenters. The maximum Gasteiger partial charge on any atom is 0.0817 e. The molecule has 19 heavy (non-hydrogen) atoms. The Morgan fingerprint density at radius 3 is 2.63 bits per heavy atom. The smallest absolute Gasteiger partial charge is 0.0817 e. The van der Waals surface area contributed by atoms with Crippen LogP contribution in [0.4, 0.5) is 0 Å². The normalized spacial score (nSPS) is 35.5. The molecule has 112 valence electrons. The molecule has 0 spiro atoms. The first-order chi connectivity index (χ1) is 9.04. The van der Waals surface area contributed by atoms with E-state index in [1.54, 1.807) is 0 Å². The maximum absolute atomic E-state index is 10.6. The molecule has 0 radical (unpaired) electrons. The highest BCUT2D eigenvalue weighted by Gasteiger charge is 2.36. The molecule has 1 aliphatic carbocycles. The van der Waals surface area contributed by atoms with E-state index in [-0.39, 0.29) is 0 Å². The van der Waals surface area contributed by atoms with E-state index in [9.17, 15) is 5.11 Å². The van der Waals surface area contributed by atoms with Crippen molar-refractivity contribution in [3.05, 3.63) is 0 Å². The number of nitrogens with zero attached hydrogens (tertiary/aromatic N) is 1. The number of hydrogen-bond donors (Lipinski definition) is 2. The number of aliphatic hydroxyl groups is 1. The Morgan fingerprint density at radius 1 is 1.32 bits per heavy atom. The summed E-state index contributed by atoms with van der Waals surface area (Å²) in [5, 5.41) is 10.6. The third-order valence-corrected chi connectivity index (χ3v) is 5.05. The Balaban J connectivity index is 1.94. The van der Waals surface area contributed by atoms with Crippen molar-refractivity contribution in [1.29, 1.82) is 0 Å². The lowest BCUT2D eigenvalue weighted by Crippen LogP contribution is -2.52. The molecule has 3 N–H and O–H groups in total. The molecule has 0 amide bonds. The van der Waals surface area contributed by atoms with Gasteiger partial charge in [0.05, 0.1) is 5.60 Å². The van der Waals surface area contributed by atoms with Crippen LogP contribution in [0.2, 0.25) is 0 Å². The summed E-state index contributed by atoms with van der Waals surface area (Å²) < 4.78 is 5.35. The zero-order chi connectivity index (χ0) is 13.9. The quantitative estimate of drug-likeness (QED) is 0.806. The van der Waals surface area contributed by atoms with Gasteiger partial charge in [-0.1, -0.05) is 13.3 Å². The molecule has 0 aromatic rings. The summed E-state index contributed by atoms with van der Waals surface area (Å²) in [5.74, 6) is 1.37. The Hall–Kier alpha value is -0.160. The van der Waals surface area contributed by atoms with Gasteiger partial charge >= 0.3 is 0 Å². The van der Waals surface area contributed by atoms with Gasteiger partial charge in [0.2, 0.25) is 0 Å². The molecule has 0 aromatic heterocycles. The predicted molar refractivity (Wildman–Crippen MR) is 77.0 cm³/mol. The molecule has 2 fully saturated rings. The highest BCUT2D eigenvalue weighted by Crippen LogP contribution is 2.32. The van der Waals surface area contributed by atoms with Crippen molar-refractivity contribution in [2.24, 2.45) is 17.6 Å². The van der Waals surface area contributed by atoms with Crippen LogP contribution in [0.25, 0.3) is 0 Å². The molecule has 1 saturated heterocycles. The lowest BCUT2D eigenvalue weighted by molar-refractivity contribution is -0.0868. The van der Waals surface area contributed by atoms with Gasteiger partial charge in [-0.2, -0.15) is 0 Å². The van der Waals surface area contributed by atoms with Crippen LogP contribution in [0, 0.1) is 11.8 Å². The highest BCUT2D eigenvalue weighted by atomic mass is 16.5. The third kappa shape index (κ3) is 3.91. The summed E-state index contributed by atoms with van der Waals surface area (Å²) in [6.45, 7) is 5.22. The SMILES string of the molecule is CC1CCC(CN)C(N(C)CC2(O)CCOCC2)C1. The topological polar surface area (TPSA) is 58.7 Å². The molecular weight excluding hydrogens is 240 g/mol. The third-order valence-electron chi connectivity index (χ3n) is 5.05. The van der Waals surface area contributed by atoms with Crippen molar-refractivity contribution in [3.63, 3.8) is 0 Å². The fourth-order valence-electron chi connectivity index (χ4n) is 3.72. The van der Waals surface area contributed by atoms with E-state index in [1.165, 1.54) is 19.3 Å². The van der Waals surface area contributed by atoms with E-state index in [2.05, 4.69) is 18.9 Å². The van der Waals surface area contributed by atoms with Crippen LogP contribution in [-0.4, -0.2) is 55.0 Å². The zero-order valence-corrected chi connectivity index (χ0v) is 12.5. The summed E-state index contributed by atoms with van der Waals surface area (Å²) in [7, 11) is 2.15. The molecule has 0 bridgehead atoms. The van der Waals surface area contributed by atoms with Crippen molar-refractivity contribution in [2.75, 3.05) is 33.4 Å². The molecule has 3 atom stereocenters. The van der Waals surface area contributed by atoms with E-state index in [1.807, 2.05) is 0 Å². The minimum atomic E-state index is -0.563. The van der Waals surface area contributed by atoms with Gasteiger partial charge in [0.1, 0.15) is 0 Å². The van der Waals surface area contributed by atoms with Crippen LogP contribution in [0.15, 0.2) is 0 Å². The standard InChI is InChI=1S/C15H30N2O2/c1-12-3-4-13(10-16)14(9-12)17(2)11-15(18)5-7-19-8-6-15/h12-14,18H,3-11,16H2,1-2H3. The largest absolute Gasteiger partial charge is 0.388 e. The number of likely N-dealkylation sites (N-methyl/N-ethyl adjacent to an activating group) is 1. The van der Waals surface area contributed by atoms with Gasteiger partial charge in [-0.05, 0) is 38.3 Å². The summed E-state index contributed by atoms with van der Waals surface area (Å²) in [6, 6.07) is 0.528. The molecule has 1 aliphatic heterocycles. The molecule has 0 aromatic carbocycles. The Morgan fingerprint density at radius 2 is 2.00 bits per heavy atom. The first-order valence-corrected chi connectivity index (χ1v) is 7.74. The molecule has 2 aliphatic rings. The summed E-state index contributed by atoms with van der Waals surface area (Å²) in [5.41, 5.74) is 5.37. The maximum atomic E-state index is 10.6. The van der Waals surface area contributed by atoms with Gasteiger partial charge in [-0.15, -0.1) is 0 Å². The molecule has 4 heteroatoms. The van der Waals surface area contributed by atoms with Crippen molar-refractivity contribution < 1.29 is 9.84 Å². The average Bonchev–Trinajstić information content (AvgIpc) is 2.39. The van der Waals surface area contributed by atoms with Crippen LogP contribution >= 0.6 is 0 Å². The number of hydrogen-bond acceptors (Lipinski definition) is 4. The molecular formula is C15H30N2O2. The van der Waals surface area contributed by atoms with Crippen molar-refractivity contribution in [3.8, 4) is 0 Å². The van der Waals surface area contributed by atoms with Gasteiger partial charge in [-0.25, -0.2) is 0 Å². The lowest BCUT2D eigenvalue weighted by atomic mass is 9.78. The molecule has 4 nitrogen and oxygen atoms in total. The van der Waals surface area contributed by atoms with Crippen LogP contribution in [0.1, 0.15) is 39.0 Å². The van der Waals surface area contributed by atoms with Crippen LogP contribution < -0.4 is 5.73 Å². The van der Waals surface area contributed by atoms with Crippen molar-refractivity contribution in [1.82, 2.24) is 4.90 Å². The number of ether oxygens (including phenoxy) is 1. The zero-order valence-electron chi connectivity index (χ0n) is 12.5. The fourth-order valence-corrected chi connectivity index (χ4v) is 3.72. The number of rotatable bonds is 4. The van der Waals surface area contributed by atoms with Gasteiger partial charge < -0.3 is 20.5 Å². The molecule has 1 saturated carbocycles. The summed E-state index contributed by atoms with van der Waals surface area (Å²) in [4.78, 5) is 2.36. The van der Waals surface area contributed by atoms with Gasteiger partial charge in [-0.3, -0.25) is 0 Å². The second-order valence-corrected chi connectivity index (χ2v) is 6.73. The second kappa shape index (κ2) is 6.53. The van der Waals surface area contributed by atoms with Crippen LogP contribution in [0.3, 0.4) is 0 Å². The molecule has 1 heterocycles. The van der Waals surface area contributed by atoms with Crippen LogP contribution in [0.5, 0.6) is 0 Å². The predicted octanol–water partition coefficient (Wildman–Crippen LogP) is 1.22. The Bertz CT molecular complexity index is 279. The van der Waals surface area contributed by atoms with Gasteiger partial charge in [0.15, 0.2) is 0 Å². The Kier molecular flexibility index (Phi) is 5.23. The average molecular weight is 270 g/mol. The second-order valence-electron chi connectivity index (χ2n) is 6.73. The van der Waals surface area contributed by atoms with Crippen molar-refractivity contribution in [2.45, 2.75) is 50.7 Å². The van der Waals surface area contributed by atoms with E-state index in [4.69, 9.17) is 10.5 Å². The minimum absolute atomic E-state index is 0.528. The fraction of sp³-hybridized carbons (Fsp3) is 1.00. The monoisotopic (exact) mass is 270 g/mol. The number of nitrogens with two attached hydrogens (primary N) is 1. The molecule has 2 rings (SSSR count). The van der Waals surface area contributed by atoms with Gasteiger partial charge in [0, 0.05) is 38.6 Å². The minimum Gasteiger partial charge on any atom is -0.388 e. The summed E-state index contributed by atoms with van der Waals surface area (Å²) in [6.07, 6.45) is 5.25. The van der Waals surface area contributed by atoms with E-state index >= 15 is 0 Å². The lowest BCUT2D eigenvalue weighted by Gasteiger charge is -2.44.